The Kier molecular flexibility index (Phi) is 5.75. The zero-order valence-electron chi connectivity index (χ0n) is 20.2. The molecule has 0 aliphatic carbocycles. The summed E-state index contributed by atoms with van der Waals surface area (Å²) in [6.07, 6.45) is 5.70. The van der Waals surface area contributed by atoms with Crippen LogP contribution in [0.1, 0.15) is 52.1 Å². The normalized spacial score (nSPS) is 25.0. The summed E-state index contributed by atoms with van der Waals surface area (Å²) in [4.78, 5) is 22.5. The quantitative estimate of drug-likeness (QED) is 0.580. The average molecular weight is 466 g/mol. The van der Waals surface area contributed by atoms with Gasteiger partial charge in [-0.15, -0.1) is 0 Å². The number of anilines is 4. The van der Waals surface area contributed by atoms with Gasteiger partial charge in [0, 0.05) is 42.3 Å². The zero-order chi connectivity index (χ0) is 24.0. The van der Waals surface area contributed by atoms with Gasteiger partial charge in [-0.25, -0.2) is 14.4 Å². The van der Waals surface area contributed by atoms with E-state index >= 15 is 0 Å². The van der Waals surface area contributed by atoms with E-state index < -0.39 is 11.8 Å². The van der Waals surface area contributed by atoms with Crippen LogP contribution in [0.25, 0.3) is 10.8 Å². The van der Waals surface area contributed by atoms with E-state index in [-0.39, 0.29) is 12.5 Å². The Morgan fingerprint density at radius 3 is 2.65 bits per heavy atom. The molecule has 3 aromatic heterocycles. The van der Waals surface area contributed by atoms with Gasteiger partial charge >= 0.3 is 0 Å². The van der Waals surface area contributed by atoms with Crippen molar-refractivity contribution in [2.24, 2.45) is 0 Å². The molecule has 3 atom stereocenters. The molecule has 2 N–H and O–H groups in total. The van der Waals surface area contributed by atoms with Crippen LogP contribution < -0.4 is 15.1 Å². The first-order valence-corrected chi connectivity index (χ1v) is 12.0. The fraction of sp³-hybridized carbons (Fsp3) is 0.520. The monoisotopic (exact) mass is 465 g/mol. The van der Waals surface area contributed by atoms with Crippen molar-refractivity contribution < 1.29 is 9.50 Å². The molecule has 0 bridgehead atoms. The van der Waals surface area contributed by atoms with Crippen molar-refractivity contribution in [2.45, 2.75) is 64.3 Å². The van der Waals surface area contributed by atoms with Gasteiger partial charge in [0.05, 0.1) is 29.7 Å². The van der Waals surface area contributed by atoms with Gasteiger partial charge in [-0.1, -0.05) is 13.8 Å². The number of hydrogen-bond donors (Lipinski definition) is 2. The Bertz CT molecular complexity index is 1200. The van der Waals surface area contributed by atoms with Crippen LogP contribution in [0.2, 0.25) is 0 Å². The Morgan fingerprint density at radius 1 is 1.15 bits per heavy atom. The van der Waals surface area contributed by atoms with E-state index in [0.717, 1.165) is 28.7 Å². The predicted molar refractivity (Wildman–Crippen MR) is 133 cm³/mol. The molecule has 0 amide bonds. The molecule has 2 saturated heterocycles. The number of fused-ring (bicyclic) bond motifs is 1. The standard InChI is InChI=1S/C25H32FN7O/c1-15(2)23-17-11-22(28-12-18(17)19(13-29-23)33-9-6-16(33)3)30-21-5-8-27-24(31-21)32-10-7-25(4,34)20(26)14-32/h5,8,11-13,15-16,20,34H,6-7,9-10,14H2,1-4H3,(H,27,28,30,31)/t16?,20?,25-/m0/s1. The second kappa shape index (κ2) is 8.61. The van der Waals surface area contributed by atoms with E-state index in [4.69, 9.17) is 4.98 Å². The van der Waals surface area contributed by atoms with Crippen molar-refractivity contribution in [3.05, 3.63) is 36.4 Å². The maximum absolute atomic E-state index is 14.4. The minimum Gasteiger partial charge on any atom is -0.387 e. The maximum atomic E-state index is 14.4. The Labute approximate surface area is 199 Å². The van der Waals surface area contributed by atoms with E-state index in [1.165, 1.54) is 13.3 Å². The number of nitrogens with one attached hydrogen (secondary N) is 1. The number of alkyl halides is 1. The lowest BCUT2D eigenvalue weighted by molar-refractivity contribution is -0.0332. The highest BCUT2D eigenvalue weighted by molar-refractivity contribution is 5.96. The van der Waals surface area contributed by atoms with Gasteiger partial charge in [-0.3, -0.25) is 4.98 Å². The fourth-order valence-electron chi connectivity index (χ4n) is 4.66. The molecular weight excluding hydrogens is 433 g/mol. The lowest BCUT2D eigenvalue weighted by atomic mass is 9.92. The highest BCUT2D eigenvalue weighted by atomic mass is 19.1. The first-order chi connectivity index (χ1) is 16.2. The van der Waals surface area contributed by atoms with E-state index in [1.54, 1.807) is 17.2 Å². The molecular formula is C25H32FN7O. The number of pyridine rings is 2. The first-order valence-electron chi connectivity index (χ1n) is 12.0. The van der Waals surface area contributed by atoms with Gasteiger partial charge in [0.15, 0.2) is 0 Å². The summed E-state index contributed by atoms with van der Waals surface area (Å²) in [5.74, 6) is 1.95. The van der Waals surface area contributed by atoms with Gasteiger partial charge in [0.25, 0.3) is 0 Å². The molecule has 2 fully saturated rings. The van der Waals surface area contributed by atoms with Crippen LogP contribution in [0.3, 0.4) is 0 Å². The number of halogens is 1. The summed E-state index contributed by atoms with van der Waals surface area (Å²) in [6.45, 7) is 9.65. The fourth-order valence-corrected chi connectivity index (χ4v) is 4.66. The first kappa shape index (κ1) is 22.7. The molecule has 8 nitrogen and oxygen atoms in total. The molecule has 9 heteroatoms. The molecule has 2 aliphatic rings. The second-order valence-electron chi connectivity index (χ2n) is 10.0. The number of hydrogen-bond acceptors (Lipinski definition) is 8. The van der Waals surface area contributed by atoms with Crippen molar-refractivity contribution >= 4 is 34.0 Å². The Hall–Kier alpha value is -3.07. The van der Waals surface area contributed by atoms with Gasteiger partial charge < -0.3 is 20.2 Å². The summed E-state index contributed by atoms with van der Waals surface area (Å²) >= 11 is 0. The SMILES string of the molecule is CC(C)c1ncc(N2CCC2C)c2cnc(Nc3ccnc(N4CC[C@](C)(O)C(F)C4)n3)cc12. The third-order valence-corrected chi connectivity index (χ3v) is 7.08. The second-order valence-corrected chi connectivity index (χ2v) is 10.0. The minimum atomic E-state index is -1.35. The molecule has 3 aromatic rings. The van der Waals surface area contributed by atoms with Crippen molar-refractivity contribution in [2.75, 3.05) is 34.8 Å². The number of piperidine rings is 1. The average Bonchev–Trinajstić information content (AvgIpc) is 2.80. The van der Waals surface area contributed by atoms with E-state index in [9.17, 15) is 9.50 Å². The number of aromatic nitrogens is 4. The van der Waals surface area contributed by atoms with E-state index in [2.05, 4.69) is 45.9 Å². The van der Waals surface area contributed by atoms with Crippen LogP contribution >= 0.6 is 0 Å². The molecule has 2 aliphatic heterocycles. The summed E-state index contributed by atoms with van der Waals surface area (Å²) in [5, 5.41) is 15.6. The molecule has 5 heterocycles. The molecule has 5 rings (SSSR count). The van der Waals surface area contributed by atoms with Crippen molar-refractivity contribution in [3.8, 4) is 0 Å². The highest BCUT2D eigenvalue weighted by Gasteiger charge is 2.38. The molecule has 180 valence electrons. The maximum Gasteiger partial charge on any atom is 0.227 e. The topological polar surface area (TPSA) is 90.3 Å². The summed E-state index contributed by atoms with van der Waals surface area (Å²) < 4.78 is 14.4. The molecule has 0 saturated carbocycles. The Morgan fingerprint density at radius 2 is 1.97 bits per heavy atom. The van der Waals surface area contributed by atoms with Crippen LogP contribution in [0.4, 0.5) is 27.7 Å². The van der Waals surface area contributed by atoms with Crippen LogP contribution in [-0.2, 0) is 0 Å². The lowest BCUT2D eigenvalue weighted by Gasteiger charge is -2.41. The van der Waals surface area contributed by atoms with Crippen LogP contribution in [0.5, 0.6) is 0 Å². The predicted octanol–water partition coefficient (Wildman–Crippen LogP) is 4.18. The summed E-state index contributed by atoms with van der Waals surface area (Å²) in [5.41, 5.74) is 0.856. The van der Waals surface area contributed by atoms with Crippen LogP contribution in [-0.4, -0.2) is 62.5 Å². The molecule has 0 spiro atoms. The minimum absolute atomic E-state index is 0.0613. The smallest absolute Gasteiger partial charge is 0.227 e. The third-order valence-electron chi connectivity index (χ3n) is 7.08. The van der Waals surface area contributed by atoms with Crippen molar-refractivity contribution in [1.29, 1.82) is 0 Å². The van der Waals surface area contributed by atoms with E-state index in [0.29, 0.717) is 36.6 Å². The summed E-state index contributed by atoms with van der Waals surface area (Å²) in [6, 6.07) is 4.31. The van der Waals surface area contributed by atoms with E-state index in [1.807, 2.05) is 18.5 Å². The lowest BCUT2D eigenvalue weighted by Crippen LogP contribution is -2.52. The van der Waals surface area contributed by atoms with Crippen molar-refractivity contribution in [1.82, 2.24) is 19.9 Å². The highest BCUT2D eigenvalue weighted by Crippen LogP contribution is 2.36. The summed E-state index contributed by atoms with van der Waals surface area (Å²) in [7, 11) is 0. The molecule has 2 unspecified atom stereocenters. The van der Waals surface area contributed by atoms with Crippen molar-refractivity contribution in [3.63, 3.8) is 0 Å². The largest absolute Gasteiger partial charge is 0.387 e. The van der Waals surface area contributed by atoms with Gasteiger partial charge in [-0.05, 0) is 44.7 Å². The number of rotatable bonds is 5. The molecule has 0 radical (unpaired) electrons. The van der Waals surface area contributed by atoms with Crippen LogP contribution in [0, 0.1) is 0 Å². The van der Waals surface area contributed by atoms with Gasteiger partial charge in [0.1, 0.15) is 17.8 Å². The van der Waals surface area contributed by atoms with Gasteiger partial charge in [0.2, 0.25) is 5.95 Å². The Balaban J connectivity index is 1.43. The molecule has 34 heavy (non-hydrogen) atoms. The number of nitrogens with zero attached hydrogens (tertiary/aromatic N) is 6. The molecule has 0 aromatic carbocycles. The zero-order valence-corrected chi connectivity index (χ0v) is 20.2. The van der Waals surface area contributed by atoms with Gasteiger partial charge in [-0.2, -0.15) is 4.98 Å². The number of aliphatic hydroxyl groups is 1. The van der Waals surface area contributed by atoms with Crippen LogP contribution in [0.15, 0.2) is 30.7 Å². The third kappa shape index (κ3) is 4.13.